The molecule has 0 spiro atoms. The Morgan fingerprint density at radius 3 is 2.48 bits per heavy atom. The number of hydrogen-bond acceptors (Lipinski definition) is 7. The van der Waals surface area contributed by atoms with E-state index in [1.54, 1.807) is 0 Å². The Bertz CT molecular complexity index is 901. The van der Waals surface area contributed by atoms with Crippen LogP contribution in [0.25, 0.3) is 11.0 Å². The second-order valence-corrected chi connectivity index (χ2v) is 5.15. The Labute approximate surface area is 132 Å². The Kier molecular flexibility index (Phi) is 3.53. The van der Waals surface area contributed by atoms with Gasteiger partial charge < -0.3 is 14.4 Å². The van der Waals surface area contributed by atoms with E-state index >= 15 is 0 Å². The van der Waals surface area contributed by atoms with Gasteiger partial charge in [0.15, 0.2) is 0 Å². The minimum atomic E-state index is -1.09. The number of rotatable bonds is 2. The van der Waals surface area contributed by atoms with Gasteiger partial charge in [0.25, 0.3) is 11.8 Å². The van der Waals surface area contributed by atoms with Crippen LogP contribution in [0.1, 0.15) is 23.2 Å². The molecule has 2 heterocycles. The molecule has 0 atom stereocenters. The normalized spacial score (nSPS) is 14.6. The fourth-order valence-electron chi connectivity index (χ4n) is 2.13. The van der Waals surface area contributed by atoms with Crippen LogP contribution in [0.5, 0.6) is 5.75 Å². The van der Waals surface area contributed by atoms with Crippen molar-refractivity contribution in [3.8, 4) is 5.75 Å². The van der Waals surface area contributed by atoms with E-state index in [1.165, 1.54) is 6.07 Å². The molecule has 23 heavy (non-hydrogen) atoms. The van der Waals surface area contributed by atoms with E-state index in [0.717, 1.165) is 12.1 Å². The van der Waals surface area contributed by atoms with Crippen LogP contribution in [0.2, 0.25) is 5.02 Å². The fourth-order valence-corrected chi connectivity index (χ4v) is 2.29. The molecule has 1 aliphatic heterocycles. The number of amides is 2. The first-order valence-corrected chi connectivity index (χ1v) is 6.79. The maximum atomic E-state index is 12.2. The number of phenolic OH excluding ortho intramolecular Hbond substituents is 1. The lowest BCUT2D eigenvalue weighted by atomic mass is 10.1. The van der Waals surface area contributed by atoms with Gasteiger partial charge in [0.05, 0.1) is 10.6 Å². The van der Waals surface area contributed by atoms with Gasteiger partial charge in [-0.2, -0.15) is 0 Å². The van der Waals surface area contributed by atoms with Gasteiger partial charge in [-0.05, 0) is 6.07 Å². The second-order valence-electron chi connectivity index (χ2n) is 4.74. The minimum absolute atomic E-state index is 0.0521. The van der Waals surface area contributed by atoms with Crippen molar-refractivity contribution >= 4 is 40.4 Å². The Morgan fingerprint density at radius 1 is 1.17 bits per heavy atom. The number of aromatic hydroxyl groups is 1. The van der Waals surface area contributed by atoms with Gasteiger partial charge in [0.1, 0.15) is 11.3 Å². The van der Waals surface area contributed by atoms with Crippen molar-refractivity contribution < 1.29 is 28.7 Å². The molecule has 118 valence electrons. The summed E-state index contributed by atoms with van der Waals surface area (Å²) in [6.07, 6.45) is -0.104. The SMILES string of the molecule is O=C(ON1C(=O)CCC1=O)c1cc(=O)oc2cc(O)c(Cl)cc12. The first-order chi connectivity index (χ1) is 10.9. The molecule has 1 aromatic carbocycles. The molecule has 8 nitrogen and oxygen atoms in total. The van der Waals surface area contributed by atoms with Crippen LogP contribution in [-0.4, -0.2) is 28.0 Å². The van der Waals surface area contributed by atoms with Crippen LogP contribution in [-0.2, 0) is 14.4 Å². The number of hydrogen-bond donors (Lipinski definition) is 1. The Morgan fingerprint density at radius 2 is 1.83 bits per heavy atom. The van der Waals surface area contributed by atoms with Crippen molar-refractivity contribution in [3.05, 3.63) is 39.2 Å². The summed E-state index contributed by atoms with van der Waals surface area (Å²) in [4.78, 5) is 51.4. The topological polar surface area (TPSA) is 114 Å². The van der Waals surface area contributed by atoms with Crippen LogP contribution in [0.4, 0.5) is 0 Å². The second kappa shape index (κ2) is 5.40. The van der Waals surface area contributed by atoms with E-state index in [0.29, 0.717) is 5.06 Å². The summed E-state index contributed by atoms with van der Waals surface area (Å²) >= 11 is 5.78. The molecule has 0 saturated carbocycles. The molecule has 1 N–H and O–H groups in total. The average Bonchev–Trinajstić information content (AvgIpc) is 2.80. The third kappa shape index (κ3) is 2.64. The summed E-state index contributed by atoms with van der Waals surface area (Å²) in [7, 11) is 0. The molecule has 9 heteroatoms. The summed E-state index contributed by atoms with van der Waals surface area (Å²) in [5.74, 6) is -2.72. The standard InChI is InChI=1S/C14H8ClNO7/c15-8-3-6-7(4-13(20)22-10(6)5-9(8)17)14(21)23-16-11(18)1-2-12(16)19/h3-5,17H,1-2H2. The van der Waals surface area contributed by atoms with E-state index in [2.05, 4.69) is 0 Å². The first-order valence-electron chi connectivity index (χ1n) is 6.41. The number of phenols is 1. The smallest absolute Gasteiger partial charge is 0.364 e. The summed E-state index contributed by atoms with van der Waals surface area (Å²) < 4.78 is 4.87. The highest BCUT2D eigenvalue weighted by molar-refractivity contribution is 6.33. The van der Waals surface area contributed by atoms with Gasteiger partial charge in [-0.1, -0.05) is 11.6 Å². The van der Waals surface area contributed by atoms with Crippen LogP contribution < -0.4 is 5.63 Å². The number of benzene rings is 1. The summed E-state index contributed by atoms with van der Waals surface area (Å²) in [6.45, 7) is 0. The molecule has 1 aliphatic rings. The zero-order chi connectivity index (χ0) is 16.7. The average molecular weight is 338 g/mol. The zero-order valence-corrected chi connectivity index (χ0v) is 12.1. The minimum Gasteiger partial charge on any atom is -0.506 e. The van der Waals surface area contributed by atoms with Gasteiger partial charge in [-0.3, -0.25) is 9.59 Å². The zero-order valence-electron chi connectivity index (χ0n) is 11.4. The number of carbonyl (C=O) groups excluding carboxylic acids is 3. The highest BCUT2D eigenvalue weighted by Gasteiger charge is 2.33. The van der Waals surface area contributed by atoms with Crippen LogP contribution in [0.3, 0.4) is 0 Å². The third-order valence-electron chi connectivity index (χ3n) is 3.21. The van der Waals surface area contributed by atoms with E-state index in [4.69, 9.17) is 20.9 Å². The van der Waals surface area contributed by atoms with Gasteiger partial charge in [-0.15, -0.1) is 5.06 Å². The van der Waals surface area contributed by atoms with E-state index in [-0.39, 0.29) is 40.1 Å². The quantitative estimate of drug-likeness (QED) is 0.650. The molecule has 0 unspecified atom stereocenters. The van der Waals surface area contributed by atoms with E-state index in [1.807, 2.05) is 0 Å². The van der Waals surface area contributed by atoms with Gasteiger partial charge >= 0.3 is 11.6 Å². The summed E-state index contributed by atoms with van der Waals surface area (Å²) in [6, 6.07) is 3.13. The number of carbonyl (C=O) groups is 3. The molecule has 2 aromatic rings. The number of fused-ring (bicyclic) bond motifs is 1. The monoisotopic (exact) mass is 337 g/mol. The molecule has 3 rings (SSSR count). The Hall–Kier alpha value is -2.87. The fraction of sp³-hybridized carbons (Fsp3) is 0.143. The van der Waals surface area contributed by atoms with Crippen LogP contribution in [0, 0.1) is 0 Å². The van der Waals surface area contributed by atoms with Crippen molar-refractivity contribution in [2.75, 3.05) is 0 Å². The van der Waals surface area contributed by atoms with Gasteiger partial charge in [0, 0.05) is 30.4 Å². The highest BCUT2D eigenvalue weighted by atomic mass is 35.5. The predicted molar refractivity (Wildman–Crippen MR) is 75.7 cm³/mol. The molecular formula is C14H8ClNO7. The van der Waals surface area contributed by atoms with Crippen molar-refractivity contribution in [1.29, 1.82) is 0 Å². The van der Waals surface area contributed by atoms with Crippen molar-refractivity contribution in [2.45, 2.75) is 12.8 Å². The molecule has 2 amide bonds. The Balaban J connectivity index is 2.06. The molecule has 0 aliphatic carbocycles. The van der Waals surface area contributed by atoms with E-state index < -0.39 is 23.4 Å². The molecular weight excluding hydrogens is 330 g/mol. The maximum absolute atomic E-state index is 12.2. The first kappa shape index (κ1) is 15.0. The molecule has 0 radical (unpaired) electrons. The van der Waals surface area contributed by atoms with Gasteiger partial charge in [-0.25, -0.2) is 9.59 Å². The lowest BCUT2D eigenvalue weighted by molar-refractivity contribution is -0.172. The number of halogens is 1. The molecule has 1 saturated heterocycles. The number of nitrogens with zero attached hydrogens (tertiary/aromatic N) is 1. The van der Waals surface area contributed by atoms with Crippen LogP contribution >= 0.6 is 11.6 Å². The lowest BCUT2D eigenvalue weighted by Crippen LogP contribution is -2.32. The largest absolute Gasteiger partial charge is 0.506 e. The van der Waals surface area contributed by atoms with Crippen LogP contribution in [0.15, 0.2) is 27.4 Å². The highest BCUT2D eigenvalue weighted by Crippen LogP contribution is 2.30. The predicted octanol–water partition coefficient (Wildman–Crippen LogP) is 1.37. The maximum Gasteiger partial charge on any atom is 0.364 e. The number of imide groups is 1. The van der Waals surface area contributed by atoms with Crippen molar-refractivity contribution in [1.82, 2.24) is 5.06 Å². The lowest BCUT2D eigenvalue weighted by Gasteiger charge is -2.13. The molecule has 1 fully saturated rings. The molecule has 0 bridgehead atoms. The van der Waals surface area contributed by atoms with Crippen molar-refractivity contribution in [2.24, 2.45) is 0 Å². The third-order valence-corrected chi connectivity index (χ3v) is 3.51. The van der Waals surface area contributed by atoms with E-state index in [9.17, 15) is 24.3 Å². The van der Waals surface area contributed by atoms with Gasteiger partial charge in [0.2, 0.25) is 0 Å². The summed E-state index contributed by atoms with van der Waals surface area (Å²) in [5, 5.41) is 9.91. The summed E-state index contributed by atoms with van der Waals surface area (Å²) in [5.41, 5.74) is -1.21. The molecule has 1 aromatic heterocycles. The van der Waals surface area contributed by atoms with Crippen molar-refractivity contribution in [3.63, 3.8) is 0 Å². The number of hydroxylamine groups is 2.